The molecule has 3 heterocycles. The molecule has 6 nitrogen and oxygen atoms in total. The number of likely N-dealkylation sites (tertiary alicyclic amines) is 1. The number of amides is 1. The van der Waals surface area contributed by atoms with Crippen LogP contribution in [0.3, 0.4) is 0 Å². The van der Waals surface area contributed by atoms with Gasteiger partial charge in [-0.3, -0.25) is 4.79 Å². The Morgan fingerprint density at radius 1 is 1.29 bits per heavy atom. The van der Waals surface area contributed by atoms with Crippen LogP contribution < -0.4 is 5.73 Å². The van der Waals surface area contributed by atoms with Gasteiger partial charge in [0.15, 0.2) is 0 Å². The zero-order valence-corrected chi connectivity index (χ0v) is 14.1. The van der Waals surface area contributed by atoms with Gasteiger partial charge in [0.05, 0.1) is 5.69 Å². The zero-order chi connectivity index (χ0) is 16.8. The van der Waals surface area contributed by atoms with Gasteiger partial charge in [0.25, 0.3) is 5.91 Å². The van der Waals surface area contributed by atoms with E-state index >= 15 is 0 Å². The first-order valence-electron chi connectivity index (χ1n) is 8.31. The molecule has 1 aliphatic heterocycles. The van der Waals surface area contributed by atoms with Crippen molar-refractivity contribution in [1.82, 2.24) is 9.88 Å². The van der Waals surface area contributed by atoms with Crippen LogP contribution in [0.4, 0.5) is 5.69 Å². The molecule has 4 rings (SSSR count). The molecule has 1 saturated heterocycles. The molecule has 1 atom stereocenters. The van der Waals surface area contributed by atoms with Crippen LogP contribution in [0, 0.1) is 0 Å². The first-order valence-corrected chi connectivity index (χ1v) is 9.12. The Morgan fingerprint density at radius 2 is 2.08 bits per heavy atom. The topological polar surface area (TPSA) is 96.5 Å². The van der Waals surface area contributed by atoms with E-state index in [1.807, 2.05) is 0 Å². The molecule has 2 aromatic rings. The summed E-state index contributed by atoms with van der Waals surface area (Å²) in [5.74, 6) is -1.23. The number of aryl methyl sites for hydroxylation is 2. The van der Waals surface area contributed by atoms with Gasteiger partial charge in [-0.05, 0) is 50.2 Å². The van der Waals surface area contributed by atoms with Crippen LogP contribution in [0.1, 0.15) is 46.6 Å². The molecule has 0 aromatic carbocycles. The van der Waals surface area contributed by atoms with Gasteiger partial charge < -0.3 is 15.7 Å². The Labute approximate surface area is 143 Å². The number of fused-ring (bicyclic) bond motifs is 2. The summed E-state index contributed by atoms with van der Waals surface area (Å²) in [4.78, 5) is 31.5. The number of anilines is 1. The van der Waals surface area contributed by atoms with Gasteiger partial charge in [-0.25, -0.2) is 9.78 Å². The van der Waals surface area contributed by atoms with E-state index < -0.39 is 12.0 Å². The molecule has 24 heavy (non-hydrogen) atoms. The standard InChI is InChI=1S/C17H19N3O3S/c18-13-10-8-9-4-1-2-5-11(9)19-15(10)24-14(13)16(21)20-7-3-6-12(20)17(22)23/h8,12H,1-7,18H2,(H,22,23)/t12-/m0/s1. The minimum absolute atomic E-state index is 0.279. The fourth-order valence-electron chi connectivity index (χ4n) is 3.72. The highest BCUT2D eigenvalue weighted by Gasteiger charge is 2.36. The molecule has 0 unspecified atom stereocenters. The fraction of sp³-hybridized carbons (Fsp3) is 0.471. The number of hydrogen-bond donors (Lipinski definition) is 2. The third kappa shape index (κ3) is 2.34. The predicted octanol–water partition coefficient (Wildman–Crippen LogP) is 2.45. The van der Waals surface area contributed by atoms with Crippen molar-refractivity contribution < 1.29 is 14.7 Å². The van der Waals surface area contributed by atoms with Gasteiger partial charge in [0.2, 0.25) is 0 Å². The highest BCUT2D eigenvalue weighted by Crippen LogP contribution is 2.37. The SMILES string of the molecule is Nc1c(C(=O)N2CCC[C@H]2C(=O)O)sc2nc3c(cc12)CCCC3. The number of thiophene rings is 1. The van der Waals surface area contributed by atoms with E-state index in [0.29, 0.717) is 30.0 Å². The van der Waals surface area contributed by atoms with Crippen molar-refractivity contribution in [3.8, 4) is 0 Å². The van der Waals surface area contributed by atoms with Crippen LogP contribution in [-0.4, -0.2) is 39.5 Å². The summed E-state index contributed by atoms with van der Waals surface area (Å²) in [5.41, 5.74) is 9.01. The summed E-state index contributed by atoms with van der Waals surface area (Å²) >= 11 is 1.29. The number of nitrogens with zero attached hydrogens (tertiary/aromatic N) is 2. The largest absolute Gasteiger partial charge is 0.480 e. The quantitative estimate of drug-likeness (QED) is 0.871. The molecule has 126 valence electrons. The fourth-order valence-corrected chi connectivity index (χ4v) is 4.77. The van der Waals surface area contributed by atoms with E-state index in [9.17, 15) is 14.7 Å². The molecule has 7 heteroatoms. The number of nitrogen functional groups attached to an aromatic ring is 1. The molecule has 0 spiro atoms. The lowest BCUT2D eigenvalue weighted by molar-refractivity contribution is -0.141. The average molecular weight is 345 g/mol. The summed E-state index contributed by atoms with van der Waals surface area (Å²) in [7, 11) is 0. The molecular weight excluding hydrogens is 326 g/mol. The van der Waals surface area contributed by atoms with E-state index in [-0.39, 0.29) is 5.91 Å². The minimum Gasteiger partial charge on any atom is -0.480 e. The van der Waals surface area contributed by atoms with Gasteiger partial charge in [0.1, 0.15) is 15.7 Å². The summed E-state index contributed by atoms with van der Waals surface area (Å²) in [6.45, 7) is 0.466. The summed E-state index contributed by atoms with van der Waals surface area (Å²) in [6, 6.07) is 1.32. The second kappa shape index (κ2) is 5.73. The highest BCUT2D eigenvalue weighted by atomic mass is 32.1. The maximum absolute atomic E-state index is 12.8. The Balaban J connectivity index is 1.75. The number of carbonyl (C=O) groups excluding carboxylic acids is 1. The number of pyridine rings is 1. The van der Waals surface area contributed by atoms with Crippen molar-refractivity contribution in [2.45, 2.75) is 44.6 Å². The van der Waals surface area contributed by atoms with E-state index in [4.69, 9.17) is 10.7 Å². The van der Waals surface area contributed by atoms with E-state index in [0.717, 1.165) is 41.6 Å². The number of nitrogens with two attached hydrogens (primary N) is 1. The van der Waals surface area contributed by atoms with Crippen LogP contribution >= 0.6 is 11.3 Å². The molecule has 1 amide bonds. The Bertz CT molecular complexity index is 845. The van der Waals surface area contributed by atoms with Crippen molar-refractivity contribution in [1.29, 1.82) is 0 Å². The number of carboxylic acid groups (broad SMARTS) is 1. The number of rotatable bonds is 2. The van der Waals surface area contributed by atoms with Gasteiger partial charge in [-0.15, -0.1) is 11.3 Å². The van der Waals surface area contributed by atoms with Crippen molar-refractivity contribution in [2.24, 2.45) is 0 Å². The number of hydrogen-bond acceptors (Lipinski definition) is 5. The molecule has 0 saturated carbocycles. The Morgan fingerprint density at radius 3 is 2.88 bits per heavy atom. The van der Waals surface area contributed by atoms with Crippen LogP contribution in [-0.2, 0) is 17.6 Å². The Kier molecular flexibility index (Phi) is 3.68. The molecule has 1 fully saturated rings. The van der Waals surface area contributed by atoms with Crippen molar-refractivity contribution >= 4 is 39.1 Å². The van der Waals surface area contributed by atoms with Gasteiger partial charge in [0, 0.05) is 17.6 Å². The van der Waals surface area contributed by atoms with E-state index in [2.05, 4.69) is 6.07 Å². The van der Waals surface area contributed by atoms with Crippen molar-refractivity contribution in [3.05, 3.63) is 22.2 Å². The monoisotopic (exact) mass is 345 g/mol. The van der Waals surface area contributed by atoms with Gasteiger partial charge >= 0.3 is 5.97 Å². The second-order valence-corrected chi connectivity index (χ2v) is 7.49. The average Bonchev–Trinajstić information content (AvgIpc) is 3.18. The first-order chi connectivity index (χ1) is 11.6. The van der Waals surface area contributed by atoms with Gasteiger partial charge in [-0.2, -0.15) is 0 Å². The predicted molar refractivity (Wildman–Crippen MR) is 92.4 cm³/mol. The third-order valence-corrected chi connectivity index (χ3v) is 6.10. The van der Waals surface area contributed by atoms with Crippen LogP contribution in [0.15, 0.2) is 6.07 Å². The maximum atomic E-state index is 12.8. The number of aromatic nitrogens is 1. The maximum Gasteiger partial charge on any atom is 0.326 e. The number of aliphatic carboxylic acids is 1. The molecule has 1 aliphatic carbocycles. The lowest BCUT2D eigenvalue weighted by Crippen LogP contribution is -2.40. The molecule has 0 bridgehead atoms. The second-order valence-electron chi connectivity index (χ2n) is 6.49. The lowest BCUT2D eigenvalue weighted by Gasteiger charge is -2.20. The summed E-state index contributed by atoms with van der Waals surface area (Å²) in [6.07, 6.45) is 5.48. The lowest BCUT2D eigenvalue weighted by atomic mass is 9.95. The third-order valence-electron chi connectivity index (χ3n) is 4.99. The molecular formula is C17H19N3O3S. The summed E-state index contributed by atoms with van der Waals surface area (Å²) in [5, 5.41) is 10.1. The normalized spacial score (nSPS) is 20.3. The summed E-state index contributed by atoms with van der Waals surface area (Å²) < 4.78 is 0. The van der Waals surface area contributed by atoms with Crippen LogP contribution in [0.2, 0.25) is 0 Å². The first kappa shape index (κ1) is 15.4. The van der Waals surface area contributed by atoms with Crippen molar-refractivity contribution in [2.75, 3.05) is 12.3 Å². The molecule has 2 aliphatic rings. The number of carboxylic acids is 1. The minimum atomic E-state index is -0.950. The van der Waals surface area contributed by atoms with Crippen molar-refractivity contribution in [3.63, 3.8) is 0 Å². The number of carbonyl (C=O) groups is 2. The zero-order valence-electron chi connectivity index (χ0n) is 13.2. The van der Waals surface area contributed by atoms with Crippen LogP contribution in [0.25, 0.3) is 10.2 Å². The van der Waals surface area contributed by atoms with Gasteiger partial charge in [-0.1, -0.05) is 0 Å². The van der Waals surface area contributed by atoms with E-state index in [1.165, 1.54) is 21.8 Å². The van der Waals surface area contributed by atoms with E-state index in [1.54, 1.807) is 0 Å². The highest BCUT2D eigenvalue weighted by molar-refractivity contribution is 7.21. The molecule has 3 N–H and O–H groups in total. The van der Waals surface area contributed by atoms with Crippen LogP contribution in [0.5, 0.6) is 0 Å². The smallest absolute Gasteiger partial charge is 0.326 e. The molecule has 0 radical (unpaired) electrons. The molecule has 2 aromatic heterocycles. The Hall–Kier alpha value is -2.15.